The minimum absolute atomic E-state index is 0.116. The van der Waals surface area contributed by atoms with E-state index in [0.717, 1.165) is 0 Å². The first-order valence-electron chi connectivity index (χ1n) is 3.63. The maximum absolute atomic E-state index is 12.3. The summed E-state index contributed by atoms with van der Waals surface area (Å²) in [5.74, 6) is 0. The van der Waals surface area contributed by atoms with Crippen LogP contribution in [0.4, 0.5) is 8.78 Å². The fourth-order valence-corrected chi connectivity index (χ4v) is 1.26. The number of nitrogens with zero attached hydrogens (tertiary/aromatic N) is 1. The largest absolute Gasteiger partial charge is 0.328 e. The molecule has 0 amide bonds. The Hall–Kier alpha value is -1.41. The van der Waals surface area contributed by atoms with Crippen molar-refractivity contribution in [1.82, 2.24) is 4.98 Å². The third-order valence-electron chi connectivity index (χ3n) is 1.63. The van der Waals surface area contributed by atoms with Crippen molar-refractivity contribution in [1.29, 1.82) is 5.26 Å². The average molecular weight is 219 g/mol. The molecule has 0 aromatic carbocycles. The number of hydrogen-bond acceptors (Lipinski definition) is 2. The molecule has 3 nitrogen and oxygen atoms in total. The van der Waals surface area contributed by atoms with Gasteiger partial charge in [-0.25, -0.2) is 8.78 Å². The lowest BCUT2D eigenvalue weighted by atomic mass is 10.1. The van der Waals surface area contributed by atoms with E-state index in [9.17, 15) is 13.6 Å². The summed E-state index contributed by atoms with van der Waals surface area (Å²) in [6, 6.07) is 1.76. The molecule has 0 saturated carbocycles. The van der Waals surface area contributed by atoms with E-state index in [4.69, 9.17) is 16.9 Å². The van der Waals surface area contributed by atoms with E-state index in [-0.39, 0.29) is 17.0 Å². The molecule has 0 radical (unpaired) electrons. The number of aromatic nitrogens is 1. The van der Waals surface area contributed by atoms with Crippen molar-refractivity contribution in [3.8, 4) is 6.07 Å². The molecule has 6 heteroatoms. The average Bonchev–Trinajstić information content (AvgIpc) is 2.10. The molecule has 1 aromatic rings. The molecule has 0 aliphatic carbocycles. The molecule has 0 unspecified atom stereocenters. The molecule has 0 saturated heterocycles. The van der Waals surface area contributed by atoms with Crippen LogP contribution in [-0.2, 0) is 6.42 Å². The highest BCUT2D eigenvalue weighted by Gasteiger charge is 2.19. The molecule has 74 valence electrons. The number of pyridine rings is 1. The van der Waals surface area contributed by atoms with Crippen molar-refractivity contribution >= 4 is 11.6 Å². The highest BCUT2D eigenvalue weighted by Crippen LogP contribution is 2.26. The fourth-order valence-electron chi connectivity index (χ4n) is 0.975. The lowest BCUT2D eigenvalue weighted by Crippen LogP contribution is -2.14. The van der Waals surface area contributed by atoms with Gasteiger partial charge in [-0.1, -0.05) is 11.6 Å². The zero-order chi connectivity index (χ0) is 10.7. The Labute approximate surface area is 82.9 Å². The highest BCUT2D eigenvalue weighted by atomic mass is 35.5. The molecule has 0 atom stereocenters. The Morgan fingerprint density at radius 1 is 1.64 bits per heavy atom. The molecule has 0 bridgehead atoms. The number of alkyl halides is 2. The first-order valence-corrected chi connectivity index (χ1v) is 4.00. The summed E-state index contributed by atoms with van der Waals surface area (Å²) in [7, 11) is 0. The van der Waals surface area contributed by atoms with Gasteiger partial charge in [0.2, 0.25) is 0 Å². The number of halogens is 3. The number of H-pyrrole nitrogens is 1. The van der Waals surface area contributed by atoms with Crippen molar-refractivity contribution in [3.63, 3.8) is 0 Å². The lowest BCUT2D eigenvalue weighted by Gasteiger charge is -2.04. The van der Waals surface area contributed by atoms with Crippen molar-refractivity contribution in [3.05, 3.63) is 32.7 Å². The third-order valence-corrected chi connectivity index (χ3v) is 2.07. The summed E-state index contributed by atoms with van der Waals surface area (Å²) in [5.41, 5.74) is -1.50. The van der Waals surface area contributed by atoms with Crippen LogP contribution in [0.15, 0.2) is 11.0 Å². The summed E-state index contributed by atoms with van der Waals surface area (Å²) in [6.07, 6.45) is -1.89. The second kappa shape index (κ2) is 4.20. The monoisotopic (exact) mass is 218 g/mol. The highest BCUT2D eigenvalue weighted by molar-refractivity contribution is 6.32. The molecule has 1 N–H and O–H groups in total. The SMILES string of the molecule is N#CCc1c[nH]c(=O)c(C(F)F)c1Cl. The quantitative estimate of drug-likeness (QED) is 0.826. The van der Waals surface area contributed by atoms with Gasteiger partial charge in [0.1, 0.15) is 5.56 Å². The van der Waals surface area contributed by atoms with E-state index in [1.807, 2.05) is 0 Å². The Balaban J connectivity index is 3.35. The molecule has 14 heavy (non-hydrogen) atoms. The summed E-state index contributed by atoms with van der Waals surface area (Å²) < 4.78 is 24.6. The van der Waals surface area contributed by atoms with Crippen LogP contribution in [0.2, 0.25) is 5.02 Å². The lowest BCUT2D eigenvalue weighted by molar-refractivity contribution is 0.149. The van der Waals surface area contributed by atoms with Crippen molar-refractivity contribution in [2.45, 2.75) is 12.8 Å². The van der Waals surface area contributed by atoms with Gasteiger partial charge in [-0.05, 0) is 0 Å². The van der Waals surface area contributed by atoms with E-state index in [2.05, 4.69) is 4.98 Å². The van der Waals surface area contributed by atoms with Gasteiger partial charge in [0, 0.05) is 11.8 Å². The normalized spacial score (nSPS) is 10.2. The summed E-state index contributed by atoms with van der Waals surface area (Å²) >= 11 is 5.54. The molecule has 1 rings (SSSR count). The smallest absolute Gasteiger partial charge is 0.270 e. The fraction of sp³-hybridized carbons (Fsp3) is 0.250. The van der Waals surface area contributed by atoms with Crippen LogP contribution >= 0.6 is 11.6 Å². The molecule has 0 aliphatic heterocycles. The standard InChI is InChI=1S/C8H5ClF2N2O/c9-6-4(1-2-12)3-13-8(14)5(6)7(10)11/h3,7H,1H2,(H,13,14). The van der Waals surface area contributed by atoms with Gasteiger partial charge in [0.05, 0.1) is 17.5 Å². The molecular weight excluding hydrogens is 214 g/mol. The van der Waals surface area contributed by atoms with E-state index in [1.54, 1.807) is 6.07 Å². The van der Waals surface area contributed by atoms with Crippen LogP contribution < -0.4 is 5.56 Å². The van der Waals surface area contributed by atoms with Crippen molar-refractivity contribution < 1.29 is 8.78 Å². The van der Waals surface area contributed by atoms with Gasteiger partial charge >= 0.3 is 0 Å². The summed E-state index contributed by atoms with van der Waals surface area (Å²) in [4.78, 5) is 13.0. The van der Waals surface area contributed by atoms with Crippen LogP contribution in [-0.4, -0.2) is 4.98 Å². The van der Waals surface area contributed by atoms with Gasteiger partial charge in [-0.2, -0.15) is 5.26 Å². The number of hydrogen-bond donors (Lipinski definition) is 1. The van der Waals surface area contributed by atoms with Gasteiger partial charge < -0.3 is 4.98 Å². The van der Waals surface area contributed by atoms with Crippen LogP contribution in [0.1, 0.15) is 17.6 Å². The molecule has 1 aromatic heterocycles. The van der Waals surface area contributed by atoms with E-state index in [1.165, 1.54) is 6.20 Å². The predicted molar refractivity (Wildman–Crippen MR) is 46.3 cm³/mol. The minimum atomic E-state index is -2.94. The van der Waals surface area contributed by atoms with E-state index >= 15 is 0 Å². The Morgan fingerprint density at radius 2 is 2.29 bits per heavy atom. The van der Waals surface area contributed by atoms with Crippen LogP contribution in [0, 0.1) is 11.3 Å². The van der Waals surface area contributed by atoms with Crippen molar-refractivity contribution in [2.24, 2.45) is 0 Å². The van der Waals surface area contributed by atoms with E-state index < -0.39 is 17.5 Å². The Bertz CT molecular complexity index is 436. The van der Waals surface area contributed by atoms with Crippen molar-refractivity contribution in [2.75, 3.05) is 0 Å². The first kappa shape index (κ1) is 10.7. The van der Waals surface area contributed by atoms with Gasteiger partial charge in [-0.3, -0.25) is 4.79 Å². The summed E-state index contributed by atoms with van der Waals surface area (Å²) in [5, 5.41) is 8.03. The zero-order valence-corrected chi connectivity index (χ0v) is 7.61. The maximum Gasteiger partial charge on any atom is 0.270 e. The zero-order valence-electron chi connectivity index (χ0n) is 6.85. The molecule has 0 spiro atoms. The van der Waals surface area contributed by atoms with E-state index in [0.29, 0.717) is 0 Å². The Morgan fingerprint density at radius 3 is 2.79 bits per heavy atom. The molecule has 0 aliphatic rings. The second-order valence-corrected chi connectivity index (χ2v) is 2.88. The summed E-state index contributed by atoms with van der Waals surface area (Å²) in [6.45, 7) is 0. The first-order chi connectivity index (χ1) is 6.57. The number of aromatic amines is 1. The maximum atomic E-state index is 12.3. The number of nitrogens with one attached hydrogen (secondary N) is 1. The minimum Gasteiger partial charge on any atom is -0.328 e. The Kier molecular flexibility index (Phi) is 3.20. The predicted octanol–water partition coefficient (Wildman–Crippen LogP) is 2.03. The van der Waals surface area contributed by atoms with Crippen LogP contribution in [0.3, 0.4) is 0 Å². The van der Waals surface area contributed by atoms with Gasteiger partial charge in [-0.15, -0.1) is 0 Å². The number of rotatable bonds is 2. The van der Waals surface area contributed by atoms with Gasteiger partial charge in [0.15, 0.2) is 0 Å². The molecular formula is C8H5ClF2N2O. The topological polar surface area (TPSA) is 56.6 Å². The van der Waals surface area contributed by atoms with Crippen LogP contribution in [0.25, 0.3) is 0 Å². The second-order valence-electron chi connectivity index (χ2n) is 2.51. The third kappa shape index (κ3) is 1.91. The van der Waals surface area contributed by atoms with Crippen LogP contribution in [0.5, 0.6) is 0 Å². The number of nitriles is 1. The molecule has 1 heterocycles. The van der Waals surface area contributed by atoms with Gasteiger partial charge in [0.25, 0.3) is 12.0 Å². The molecule has 0 fully saturated rings.